The lowest BCUT2D eigenvalue weighted by molar-refractivity contribution is 0.602. The summed E-state index contributed by atoms with van der Waals surface area (Å²) in [5.41, 5.74) is 7.62. The molecule has 0 saturated carbocycles. The Labute approximate surface area is 124 Å². The van der Waals surface area contributed by atoms with Crippen molar-refractivity contribution in [3.63, 3.8) is 0 Å². The van der Waals surface area contributed by atoms with Crippen molar-refractivity contribution in [1.82, 2.24) is 0 Å². The molecule has 1 unspecified atom stereocenters. The molecule has 0 amide bonds. The zero-order valence-corrected chi connectivity index (χ0v) is 13.0. The highest BCUT2D eigenvalue weighted by atomic mass is 32.2. The van der Waals surface area contributed by atoms with E-state index in [1.807, 2.05) is 36.4 Å². The van der Waals surface area contributed by atoms with E-state index < -0.39 is 9.84 Å². The molecule has 2 aromatic carbocycles. The number of anilines is 1. The smallest absolute Gasteiger partial charge is 0.175 e. The average molecular weight is 307 g/mol. The third-order valence-corrected chi connectivity index (χ3v) is 5.27. The zero-order chi connectivity index (χ0) is 14.8. The molecule has 0 saturated heterocycles. The van der Waals surface area contributed by atoms with Gasteiger partial charge in [0.1, 0.15) is 0 Å². The molecule has 3 nitrogen and oxygen atoms in total. The van der Waals surface area contributed by atoms with Gasteiger partial charge in [0.05, 0.1) is 4.90 Å². The van der Waals surface area contributed by atoms with E-state index in [0.29, 0.717) is 4.90 Å². The van der Waals surface area contributed by atoms with E-state index in [1.165, 1.54) is 11.8 Å². The predicted molar refractivity (Wildman–Crippen MR) is 84.7 cm³/mol. The summed E-state index contributed by atoms with van der Waals surface area (Å²) >= 11 is 1.69. The summed E-state index contributed by atoms with van der Waals surface area (Å²) in [5.74, 6) is 0. The molecule has 20 heavy (non-hydrogen) atoms. The van der Waals surface area contributed by atoms with Gasteiger partial charge in [-0.1, -0.05) is 12.1 Å². The standard InChI is InChI=1S/C15H17NO2S2/c1-11(12-3-5-13(16)6-4-12)19-14-7-9-15(10-8-14)20(2,17)18/h3-11H,16H2,1-2H3. The Bertz CT molecular complexity index is 677. The Morgan fingerprint density at radius 3 is 2.05 bits per heavy atom. The number of nitrogen functional groups attached to an aromatic ring is 1. The summed E-state index contributed by atoms with van der Waals surface area (Å²) in [6, 6.07) is 14.8. The summed E-state index contributed by atoms with van der Waals surface area (Å²) in [6.07, 6.45) is 1.21. The van der Waals surface area contributed by atoms with Crippen LogP contribution >= 0.6 is 11.8 Å². The molecule has 2 N–H and O–H groups in total. The van der Waals surface area contributed by atoms with Crippen molar-refractivity contribution in [3.05, 3.63) is 54.1 Å². The van der Waals surface area contributed by atoms with Gasteiger partial charge in [-0.3, -0.25) is 0 Å². The van der Waals surface area contributed by atoms with E-state index in [4.69, 9.17) is 5.73 Å². The lowest BCUT2D eigenvalue weighted by Crippen LogP contribution is -1.96. The van der Waals surface area contributed by atoms with Gasteiger partial charge in [-0.15, -0.1) is 11.8 Å². The Hall–Kier alpha value is -1.46. The van der Waals surface area contributed by atoms with Gasteiger partial charge in [-0.2, -0.15) is 0 Å². The largest absolute Gasteiger partial charge is 0.399 e. The molecule has 0 fully saturated rings. The van der Waals surface area contributed by atoms with Crippen molar-refractivity contribution in [3.8, 4) is 0 Å². The molecule has 0 aliphatic heterocycles. The highest BCUT2D eigenvalue weighted by molar-refractivity contribution is 7.99. The van der Waals surface area contributed by atoms with E-state index >= 15 is 0 Å². The normalized spacial score (nSPS) is 13.1. The van der Waals surface area contributed by atoms with Crippen LogP contribution in [-0.2, 0) is 9.84 Å². The summed E-state index contributed by atoms with van der Waals surface area (Å²) in [5, 5.41) is 0.277. The minimum Gasteiger partial charge on any atom is -0.399 e. The number of rotatable bonds is 4. The molecule has 2 aromatic rings. The van der Waals surface area contributed by atoms with Crippen LogP contribution in [0.3, 0.4) is 0 Å². The molecule has 0 bridgehead atoms. The monoisotopic (exact) mass is 307 g/mol. The zero-order valence-electron chi connectivity index (χ0n) is 11.4. The topological polar surface area (TPSA) is 60.2 Å². The second-order valence-corrected chi connectivity index (χ2v) is 8.10. The van der Waals surface area contributed by atoms with Gasteiger partial charge in [0.25, 0.3) is 0 Å². The Morgan fingerprint density at radius 2 is 1.55 bits per heavy atom. The van der Waals surface area contributed by atoms with Crippen LogP contribution in [0, 0.1) is 0 Å². The lowest BCUT2D eigenvalue weighted by Gasteiger charge is -2.12. The van der Waals surface area contributed by atoms with E-state index in [0.717, 1.165) is 10.6 Å². The molecule has 2 rings (SSSR count). The summed E-state index contributed by atoms with van der Waals surface area (Å²) in [7, 11) is -3.13. The molecule has 0 aromatic heterocycles. The first kappa shape index (κ1) is 14.9. The van der Waals surface area contributed by atoms with Gasteiger partial charge in [0.15, 0.2) is 9.84 Å². The molecule has 0 aliphatic rings. The maximum Gasteiger partial charge on any atom is 0.175 e. The van der Waals surface area contributed by atoms with Gasteiger partial charge in [-0.05, 0) is 48.9 Å². The average Bonchev–Trinajstić information content (AvgIpc) is 2.39. The minimum absolute atomic E-state index is 0.277. The van der Waals surface area contributed by atoms with Crippen molar-refractivity contribution in [2.75, 3.05) is 12.0 Å². The molecule has 5 heteroatoms. The predicted octanol–water partition coefficient (Wildman–Crippen LogP) is 3.53. The lowest BCUT2D eigenvalue weighted by atomic mass is 10.1. The Morgan fingerprint density at radius 1 is 1.00 bits per heavy atom. The fraction of sp³-hybridized carbons (Fsp3) is 0.200. The number of nitrogens with two attached hydrogens (primary N) is 1. The SMILES string of the molecule is CC(Sc1ccc(S(C)(=O)=O)cc1)c1ccc(N)cc1. The first-order valence-electron chi connectivity index (χ1n) is 6.18. The second-order valence-electron chi connectivity index (χ2n) is 4.67. The van der Waals surface area contributed by atoms with Crippen LogP contribution in [0.4, 0.5) is 5.69 Å². The van der Waals surface area contributed by atoms with E-state index in [-0.39, 0.29) is 5.25 Å². The molecule has 0 aliphatic carbocycles. The van der Waals surface area contributed by atoms with Gasteiger partial charge < -0.3 is 5.73 Å². The maximum atomic E-state index is 11.4. The summed E-state index contributed by atoms with van der Waals surface area (Å²) in [6.45, 7) is 2.11. The summed E-state index contributed by atoms with van der Waals surface area (Å²) < 4.78 is 22.8. The molecular formula is C15H17NO2S2. The number of benzene rings is 2. The van der Waals surface area contributed by atoms with Crippen molar-refractivity contribution >= 4 is 27.3 Å². The maximum absolute atomic E-state index is 11.4. The molecule has 0 radical (unpaired) electrons. The van der Waals surface area contributed by atoms with Crippen molar-refractivity contribution in [1.29, 1.82) is 0 Å². The van der Waals surface area contributed by atoms with E-state index in [9.17, 15) is 8.42 Å². The quantitative estimate of drug-likeness (QED) is 0.693. The third kappa shape index (κ3) is 3.77. The van der Waals surface area contributed by atoms with Gasteiger partial charge in [0.2, 0.25) is 0 Å². The fourth-order valence-electron chi connectivity index (χ4n) is 1.80. The minimum atomic E-state index is -3.13. The van der Waals surface area contributed by atoms with Gasteiger partial charge >= 0.3 is 0 Å². The Balaban J connectivity index is 2.12. The van der Waals surface area contributed by atoms with Crippen LogP contribution in [-0.4, -0.2) is 14.7 Å². The number of hydrogen-bond donors (Lipinski definition) is 1. The number of sulfone groups is 1. The van der Waals surface area contributed by atoms with Gasteiger partial charge in [0, 0.05) is 22.1 Å². The van der Waals surface area contributed by atoms with Crippen LogP contribution in [0.2, 0.25) is 0 Å². The van der Waals surface area contributed by atoms with E-state index in [1.54, 1.807) is 23.9 Å². The summed E-state index contributed by atoms with van der Waals surface area (Å²) in [4.78, 5) is 1.39. The molecule has 106 valence electrons. The van der Waals surface area contributed by atoms with Crippen LogP contribution in [0.1, 0.15) is 17.7 Å². The molecule has 1 atom stereocenters. The highest BCUT2D eigenvalue weighted by Crippen LogP contribution is 2.35. The van der Waals surface area contributed by atoms with Crippen molar-refractivity contribution in [2.24, 2.45) is 0 Å². The van der Waals surface area contributed by atoms with Crippen molar-refractivity contribution < 1.29 is 8.42 Å². The first-order valence-corrected chi connectivity index (χ1v) is 8.95. The second kappa shape index (κ2) is 5.89. The van der Waals surface area contributed by atoms with Crippen molar-refractivity contribution in [2.45, 2.75) is 22.0 Å². The van der Waals surface area contributed by atoms with Crippen LogP contribution in [0.15, 0.2) is 58.3 Å². The fourth-order valence-corrected chi connectivity index (χ4v) is 3.43. The number of thioether (sulfide) groups is 1. The van der Waals surface area contributed by atoms with E-state index in [2.05, 4.69) is 6.92 Å². The number of hydrogen-bond acceptors (Lipinski definition) is 4. The van der Waals surface area contributed by atoms with Gasteiger partial charge in [-0.25, -0.2) is 8.42 Å². The molecule has 0 heterocycles. The van der Waals surface area contributed by atoms with Crippen LogP contribution < -0.4 is 5.73 Å². The van der Waals surface area contributed by atoms with Crippen LogP contribution in [0.25, 0.3) is 0 Å². The van der Waals surface area contributed by atoms with Crippen LogP contribution in [0.5, 0.6) is 0 Å². The third-order valence-electron chi connectivity index (χ3n) is 2.97. The molecular weight excluding hydrogens is 290 g/mol. The highest BCUT2D eigenvalue weighted by Gasteiger charge is 2.09. The first-order chi connectivity index (χ1) is 9.36. The molecule has 0 spiro atoms. The Kier molecular flexibility index (Phi) is 4.40.